The van der Waals surface area contributed by atoms with Gasteiger partial charge in [-0.25, -0.2) is 0 Å². The molecule has 0 spiro atoms. The van der Waals surface area contributed by atoms with Gasteiger partial charge in [0.25, 0.3) is 0 Å². The van der Waals surface area contributed by atoms with Gasteiger partial charge in [0.15, 0.2) is 6.29 Å². The van der Waals surface area contributed by atoms with E-state index < -0.39 is 12.4 Å². The first-order valence-corrected chi connectivity index (χ1v) is 11.6. The normalized spacial score (nSPS) is 29.8. The molecule has 5 rings (SSSR count). The van der Waals surface area contributed by atoms with Crippen LogP contribution in [0.4, 0.5) is 5.69 Å². The summed E-state index contributed by atoms with van der Waals surface area (Å²) < 4.78 is 23.2. The minimum absolute atomic E-state index is 0.161. The van der Waals surface area contributed by atoms with Crippen LogP contribution in [-0.2, 0) is 16.0 Å². The summed E-state index contributed by atoms with van der Waals surface area (Å²) >= 11 is 0. The molecule has 0 aliphatic carbocycles. The van der Waals surface area contributed by atoms with Crippen molar-refractivity contribution in [1.82, 2.24) is 10.2 Å². The van der Waals surface area contributed by atoms with Crippen molar-refractivity contribution in [2.24, 2.45) is 0 Å². The van der Waals surface area contributed by atoms with Gasteiger partial charge in [0.1, 0.15) is 17.6 Å². The van der Waals surface area contributed by atoms with Gasteiger partial charge in [-0.2, -0.15) is 0 Å². The largest absolute Gasteiger partial charge is 0.496 e. The van der Waals surface area contributed by atoms with Gasteiger partial charge >= 0.3 is 0 Å². The number of piperazine rings is 1. The Kier molecular flexibility index (Phi) is 6.71. The maximum absolute atomic E-state index is 11.4. The Balaban J connectivity index is 1.25. The zero-order valence-corrected chi connectivity index (χ0v) is 19.2. The molecule has 0 radical (unpaired) electrons. The van der Waals surface area contributed by atoms with Crippen molar-refractivity contribution in [2.75, 3.05) is 51.9 Å². The predicted octanol–water partition coefficient (Wildman–Crippen LogP) is 1.47. The van der Waals surface area contributed by atoms with Gasteiger partial charge in [0.2, 0.25) is 0 Å². The molecular formula is C25H33N3O5. The van der Waals surface area contributed by atoms with E-state index in [0.717, 1.165) is 48.9 Å². The molecule has 2 bridgehead atoms. The van der Waals surface area contributed by atoms with Gasteiger partial charge in [0, 0.05) is 38.3 Å². The molecule has 5 unspecified atom stereocenters. The number of nitrogens with zero attached hydrogens (tertiary/aromatic N) is 2. The fourth-order valence-corrected chi connectivity index (χ4v) is 5.27. The standard InChI is InChI=1S/C25H33N3O5/c1-30-19-9-5-3-7-17(19)15-26-22-21-16-32-25(33-21)23(24(22)29)28-13-11-27(12-14-28)18-8-4-6-10-20(18)31-2/h3-10,21-26,29H,11-16H2,1-2H3. The molecule has 3 aliphatic heterocycles. The Bertz CT molecular complexity index is 936. The van der Waals surface area contributed by atoms with Crippen molar-refractivity contribution in [2.45, 2.75) is 37.1 Å². The number of aliphatic hydroxyl groups excluding tert-OH is 1. The molecule has 3 heterocycles. The van der Waals surface area contributed by atoms with Crippen LogP contribution in [0.15, 0.2) is 48.5 Å². The fraction of sp³-hybridized carbons (Fsp3) is 0.520. The van der Waals surface area contributed by atoms with Crippen LogP contribution in [0.3, 0.4) is 0 Å². The van der Waals surface area contributed by atoms with Crippen molar-refractivity contribution < 1.29 is 24.1 Å². The van der Waals surface area contributed by atoms with E-state index in [-0.39, 0.29) is 18.2 Å². The average Bonchev–Trinajstić information content (AvgIpc) is 3.29. The third kappa shape index (κ3) is 4.41. The van der Waals surface area contributed by atoms with E-state index in [1.54, 1.807) is 14.2 Å². The number of methoxy groups -OCH3 is 2. The van der Waals surface area contributed by atoms with Crippen LogP contribution in [0.2, 0.25) is 0 Å². The van der Waals surface area contributed by atoms with Gasteiger partial charge in [-0.15, -0.1) is 0 Å². The lowest BCUT2D eigenvalue weighted by molar-refractivity contribution is -0.183. The maximum atomic E-state index is 11.4. The molecule has 3 fully saturated rings. The van der Waals surface area contributed by atoms with E-state index in [0.29, 0.717) is 13.2 Å². The molecule has 2 aromatic carbocycles. The molecular weight excluding hydrogens is 422 g/mol. The number of hydrogen-bond acceptors (Lipinski definition) is 8. The van der Waals surface area contributed by atoms with Gasteiger partial charge in [-0.3, -0.25) is 4.90 Å². The third-order valence-electron chi connectivity index (χ3n) is 7.01. The van der Waals surface area contributed by atoms with E-state index >= 15 is 0 Å². The number of fused-ring (bicyclic) bond motifs is 2. The molecule has 2 N–H and O–H groups in total. The highest BCUT2D eigenvalue weighted by Gasteiger charge is 2.52. The maximum Gasteiger partial charge on any atom is 0.176 e. The van der Waals surface area contributed by atoms with Crippen LogP contribution in [-0.4, -0.2) is 87.6 Å². The van der Waals surface area contributed by atoms with Crippen LogP contribution >= 0.6 is 0 Å². The summed E-state index contributed by atoms with van der Waals surface area (Å²) in [7, 11) is 3.38. The lowest BCUT2D eigenvalue weighted by Crippen LogP contribution is -2.66. The summed E-state index contributed by atoms with van der Waals surface area (Å²) in [6.07, 6.45) is -1.15. The molecule has 0 amide bonds. The van der Waals surface area contributed by atoms with Gasteiger partial charge in [-0.05, 0) is 18.2 Å². The van der Waals surface area contributed by atoms with Crippen molar-refractivity contribution >= 4 is 5.69 Å². The van der Waals surface area contributed by atoms with E-state index in [2.05, 4.69) is 21.2 Å². The Morgan fingerprint density at radius 2 is 1.67 bits per heavy atom. The zero-order valence-electron chi connectivity index (χ0n) is 19.2. The molecule has 8 nitrogen and oxygen atoms in total. The van der Waals surface area contributed by atoms with E-state index in [4.69, 9.17) is 18.9 Å². The van der Waals surface area contributed by atoms with E-state index in [1.165, 1.54) is 0 Å². The summed E-state index contributed by atoms with van der Waals surface area (Å²) in [5, 5.41) is 14.9. The summed E-state index contributed by atoms with van der Waals surface area (Å²) in [6.45, 7) is 4.39. The van der Waals surface area contributed by atoms with Crippen molar-refractivity contribution in [3.8, 4) is 11.5 Å². The molecule has 33 heavy (non-hydrogen) atoms. The summed E-state index contributed by atoms with van der Waals surface area (Å²) in [5.74, 6) is 1.72. The Hall–Kier alpha value is -2.36. The number of nitrogens with one attached hydrogen (secondary N) is 1. The molecule has 178 valence electrons. The average molecular weight is 456 g/mol. The smallest absolute Gasteiger partial charge is 0.176 e. The van der Waals surface area contributed by atoms with E-state index in [9.17, 15) is 5.11 Å². The van der Waals surface area contributed by atoms with Crippen LogP contribution in [0, 0.1) is 0 Å². The van der Waals surface area contributed by atoms with Crippen molar-refractivity contribution in [3.05, 3.63) is 54.1 Å². The van der Waals surface area contributed by atoms with Gasteiger partial charge in [0.05, 0.1) is 44.7 Å². The quantitative estimate of drug-likeness (QED) is 0.650. The van der Waals surface area contributed by atoms with Crippen LogP contribution in [0.1, 0.15) is 5.56 Å². The number of aliphatic hydroxyl groups is 1. The number of para-hydroxylation sites is 3. The monoisotopic (exact) mass is 455 g/mol. The molecule has 2 aromatic rings. The van der Waals surface area contributed by atoms with Gasteiger partial charge < -0.3 is 34.3 Å². The first-order valence-electron chi connectivity index (χ1n) is 11.6. The number of rotatable bonds is 7. The van der Waals surface area contributed by atoms with Crippen molar-refractivity contribution in [1.29, 1.82) is 0 Å². The molecule has 3 aliphatic rings. The SMILES string of the molecule is COc1ccccc1CNC1C2COC(O2)C(N2CCN(c3ccccc3OC)CC2)C1O. The second kappa shape index (κ2) is 9.87. The van der Waals surface area contributed by atoms with Crippen molar-refractivity contribution in [3.63, 3.8) is 0 Å². The summed E-state index contributed by atoms with van der Waals surface area (Å²) in [5.41, 5.74) is 2.16. The van der Waals surface area contributed by atoms with E-state index in [1.807, 2.05) is 42.5 Å². The Morgan fingerprint density at radius 1 is 0.970 bits per heavy atom. The number of hydrogen-bond donors (Lipinski definition) is 2. The third-order valence-corrected chi connectivity index (χ3v) is 7.01. The summed E-state index contributed by atoms with van der Waals surface area (Å²) in [6, 6.07) is 15.6. The van der Waals surface area contributed by atoms with Gasteiger partial charge in [-0.1, -0.05) is 30.3 Å². The van der Waals surface area contributed by atoms with Crippen LogP contribution in [0.25, 0.3) is 0 Å². The molecule has 0 saturated carbocycles. The lowest BCUT2D eigenvalue weighted by Gasteiger charge is -2.47. The number of anilines is 1. The zero-order chi connectivity index (χ0) is 22.8. The number of benzene rings is 2. The Labute approximate surface area is 195 Å². The first-order chi connectivity index (χ1) is 16.2. The second-order valence-corrected chi connectivity index (χ2v) is 8.77. The molecule has 3 saturated heterocycles. The predicted molar refractivity (Wildman–Crippen MR) is 125 cm³/mol. The molecule has 5 atom stereocenters. The lowest BCUT2D eigenvalue weighted by atomic mass is 9.94. The highest BCUT2D eigenvalue weighted by Crippen LogP contribution is 2.34. The van der Waals surface area contributed by atoms with Crippen LogP contribution < -0.4 is 19.7 Å². The number of ether oxygens (including phenoxy) is 4. The topological polar surface area (TPSA) is 75.7 Å². The Morgan fingerprint density at radius 3 is 2.42 bits per heavy atom. The highest BCUT2D eigenvalue weighted by molar-refractivity contribution is 5.58. The summed E-state index contributed by atoms with van der Waals surface area (Å²) in [4.78, 5) is 4.64. The molecule has 0 aromatic heterocycles. The fourth-order valence-electron chi connectivity index (χ4n) is 5.27. The first kappa shape index (κ1) is 22.4. The minimum Gasteiger partial charge on any atom is -0.496 e. The van der Waals surface area contributed by atoms with Crippen LogP contribution in [0.5, 0.6) is 11.5 Å². The highest BCUT2D eigenvalue weighted by atomic mass is 16.7. The second-order valence-electron chi connectivity index (χ2n) is 8.77. The molecule has 8 heteroatoms. The minimum atomic E-state index is -0.594.